The van der Waals surface area contributed by atoms with Gasteiger partial charge in [0.15, 0.2) is 0 Å². The average molecular weight is 186 g/mol. The van der Waals surface area contributed by atoms with Gasteiger partial charge in [-0.05, 0) is 39.3 Å². The Bertz CT molecular complexity index is 141. The van der Waals surface area contributed by atoms with Gasteiger partial charge in [-0.15, -0.1) is 0 Å². The van der Waals surface area contributed by atoms with Crippen LogP contribution in [0.3, 0.4) is 0 Å². The molecular weight excluding hydrogens is 164 g/mol. The maximum absolute atomic E-state index is 5.64. The Morgan fingerprint density at radius 3 is 2.92 bits per heavy atom. The fourth-order valence-corrected chi connectivity index (χ4v) is 1.85. The Morgan fingerprint density at radius 1 is 1.62 bits per heavy atom. The summed E-state index contributed by atoms with van der Waals surface area (Å²) in [6.07, 6.45) is 1.26. The van der Waals surface area contributed by atoms with Crippen molar-refractivity contribution in [2.45, 2.75) is 26.3 Å². The van der Waals surface area contributed by atoms with Crippen molar-refractivity contribution in [3.63, 3.8) is 0 Å². The zero-order valence-corrected chi connectivity index (χ0v) is 8.83. The van der Waals surface area contributed by atoms with Crippen LogP contribution in [-0.4, -0.2) is 43.8 Å². The molecule has 0 aliphatic carbocycles. The molecule has 0 aromatic rings. The van der Waals surface area contributed by atoms with E-state index in [0.717, 1.165) is 26.3 Å². The molecule has 78 valence electrons. The quantitative estimate of drug-likeness (QED) is 0.686. The van der Waals surface area contributed by atoms with Gasteiger partial charge in [0.2, 0.25) is 0 Å². The van der Waals surface area contributed by atoms with Crippen molar-refractivity contribution in [3.8, 4) is 0 Å². The van der Waals surface area contributed by atoms with Crippen molar-refractivity contribution in [2.24, 2.45) is 11.7 Å². The van der Waals surface area contributed by atoms with E-state index < -0.39 is 0 Å². The fraction of sp³-hybridized carbons (Fsp3) is 1.00. The molecule has 2 atom stereocenters. The molecule has 3 heteroatoms. The van der Waals surface area contributed by atoms with Crippen LogP contribution < -0.4 is 5.73 Å². The first kappa shape index (κ1) is 11.0. The summed E-state index contributed by atoms with van der Waals surface area (Å²) < 4.78 is 5.40. The second-order valence-electron chi connectivity index (χ2n) is 3.89. The normalized spacial score (nSPS) is 26.5. The van der Waals surface area contributed by atoms with Gasteiger partial charge in [-0.1, -0.05) is 0 Å². The highest BCUT2D eigenvalue weighted by Gasteiger charge is 2.24. The number of hydrogen-bond donors (Lipinski definition) is 1. The number of nitrogens with zero attached hydrogens (tertiary/aromatic N) is 1. The second kappa shape index (κ2) is 5.58. The molecule has 0 bridgehead atoms. The number of nitrogens with two attached hydrogens (primary N) is 1. The van der Waals surface area contributed by atoms with Gasteiger partial charge in [-0.25, -0.2) is 0 Å². The number of likely N-dealkylation sites (tertiary alicyclic amines) is 1. The lowest BCUT2D eigenvalue weighted by Crippen LogP contribution is -2.35. The van der Waals surface area contributed by atoms with Gasteiger partial charge in [0.05, 0.1) is 6.61 Å². The lowest BCUT2D eigenvalue weighted by atomic mass is 10.1. The van der Waals surface area contributed by atoms with E-state index in [4.69, 9.17) is 10.5 Å². The third kappa shape index (κ3) is 3.25. The first-order chi connectivity index (χ1) is 6.27. The predicted octanol–water partition coefficient (Wildman–Crippen LogP) is 0.692. The van der Waals surface area contributed by atoms with E-state index in [1.165, 1.54) is 13.0 Å². The van der Waals surface area contributed by atoms with Crippen molar-refractivity contribution in [3.05, 3.63) is 0 Å². The lowest BCUT2D eigenvalue weighted by molar-refractivity contribution is 0.0829. The maximum Gasteiger partial charge on any atom is 0.0618 e. The smallest absolute Gasteiger partial charge is 0.0618 e. The molecule has 1 rings (SSSR count). The first-order valence-corrected chi connectivity index (χ1v) is 5.29. The highest BCUT2D eigenvalue weighted by Crippen LogP contribution is 2.17. The Balaban J connectivity index is 2.20. The van der Waals surface area contributed by atoms with Crippen molar-refractivity contribution in [1.29, 1.82) is 0 Å². The molecule has 1 aliphatic rings. The molecule has 2 unspecified atom stereocenters. The van der Waals surface area contributed by atoms with Crippen molar-refractivity contribution in [1.82, 2.24) is 4.90 Å². The molecule has 0 aromatic heterocycles. The molecule has 2 N–H and O–H groups in total. The number of ether oxygens (including phenoxy) is 1. The summed E-state index contributed by atoms with van der Waals surface area (Å²) in [6.45, 7) is 9.12. The molecule has 0 aromatic carbocycles. The van der Waals surface area contributed by atoms with Crippen LogP contribution in [0.5, 0.6) is 0 Å². The molecule has 0 spiro atoms. The standard InChI is InChI=1S/C10H22N2O/c1-3-13-8-9(2)12-5-4-10(6-11)7-12/h9-10H,3-8,11H2,1-2H3. The van der Waals surface area contributed by atoms with Gasteiger partial charge >= 0.3 is 0 Å². The Hall–Kier alpha value is -0.120. The summed E-state index contributed by atoms with van der Waals surface area (Å²) in [5.41, 5.74) is 5.64. The van der Waals surface area contributed by atoms with E-state index in [2.05, 4.69) is 11.8 Å². The summed E-state index contributed by atoms with van der Waals surface area (Å²) >= 11 is 0. The van der Waals surface area contributed by atoms with Crippen LogP contribution in [0.1, 0.15) is 20.3 Å². The van der Waals surface area contributed by atoms with E-state index >= 15 is 0 Å². The van der Waals surface area contributed by atoms with Crippen LogP contribution in [-0.2, 0) is 4.74 Å². The Morgan fingerprint density at radius 2 is 2.38 bits per heavy atom. The molecule has 1 heterocycles. The summed E-state index contributed by atoms with van der Waals surface area (Å²) in [5, 5.41) is 0. The van der Waals surface area contributed by atoms with Crippen LogP contribution >= 0.6 is 0 Å². The Kier molecular flexibility index (Phi) is 4.70. The topological polar surface area (TPSA) is 38.5 Å². The molecule has 13 heavy (non-hydrogen) atoms. The number of hydrogen-bond acceptors (Lipinski definition) is 3. The SMILES string of the molecule is CCOCC(C)N1CCC(CN)C1. The molecule has 0 saturated carbocycles. The third-order valence-corrected chi connectivity index (χ3v) is 2.84. The van der Waals surface area contributed by atoms with Crippen LogP contribution in [0, 0.1) is 5.92 Å². The molecule has 0 amide bonds. The first-order valence-electron chi connectivity index (χ1n) is 5.29. The van der Waals surface area contributed by atoms with Crippen molar-refractivity contribution < 1.29 is 4.74 Å². The minimum Gasteiger partial charge on any atom is -0.380 e. The highest BCUT2D eigenvalue weighted by molar-refractivity contribution is 4.79. The summed E-state index contributed by atoms with van der Waals surface area (Å²) in [5.74, 6) is 0.712. The average Bonchev–Trinajstić information content (AvgIpc) is 2.62. The summed E-state index contributed by atoms with van der Waals surface area (Å²) in [7, 11) is 0. The van der Waals surface area contributed by atoms with Gasteiger partial charge in [0.25, 0.3) is 0 Å². The zero-order valence-electron chi connectivity index (χ0n) is 8.83. The summed E-state index contributed by atoms with van der Waals surface area (Å²) in [6, 6.07) is 0.552. The van der Waals surface area contributed by atoms with E-state index in [9.17, 15) is 0 Å². The highest BCUT2D eigenvalue weighted by atomic mass is 16.5. The number of rotatable bonds is 5. The zero-order chi connectivity index (χ0) is 9.68. The molecule has 0 radical (unpaired) electrons. The van der Waals surface area contributed by atoms with E-state index in [-0.39, 0.29) is 0 Å². The predicted molar refractivity (Wildman–Crippen MR) is 54.7 cm³/mol. The Labute approximate surface area is 81.2 Å². The van der Waals surface area contributed by atoms with E-state index in [1.807, 2.05) is 6.92 Å². The van der Waals surface area contributed by atoms with Crippen molar-refractivity contribution in [2.75, 3.05) is 32.8 Å². The van der Waals surface area contributed by atoms with Gasteiger partial charge in [0, 0.05) is 19.2 Å². The molecule has 1 fully saturated rings. The summed E-state index contributed by atoms with van der Waals surface area (Å²) in [4.78, 5) is 2.48. The van der Waals surface area contributed by atoms with E-state index in [1.54, 1.807) is 0 Å². The van der Waals surface area contributed by atoms with Crippen LogP contribution in [0.15, 0.2) is 0 Å². The largest absolute Gasteiger partial charge is 0.380 e. The molecular formula is C10H22N2O. The lowest BCUT2D eigenvalue weighted by Gasteiger charge is -2.23. The van der Waals surface area contributed by atoms with E-state index in [0.29, 0.717) is 12.0 Å². The van der Waals surface area contributed by atoms with Crippen LogP contribution in [0.25, 0.3) is 0 Å². The van der Waals surface area contributed by atoms with Gasteiger partial charge < -0.3 is 10.5 Å². The molecule has 3 nitrogen and oxygen atoms in total. The minimum absolute atomic E-state index is 0.552. The van der Waals surface area contributed by atoms with Gasteiger partial charge in [-0.3, -0.25) is 4.90 Å². The van der Waals surface area contributed by atoms with Gasteiger partial charge in [-0.2, -0.15) is 0 Å². The van der Waals surface area contributed by atoms with Crippen molar-refractivity contribution >= 4 is 0 Å². The van der Waals surface area contributed by atoms with Crippen LogP contribution in [0.2, 0.25) is 0 Å². The maximum atomic E-state index is 5.64. The molecule has 1 saturated heterocycles. The third-order valence-electron chi connectivity index (χ3n) is 2.84. The fourth-order valence-electron chi connectivity index (χ4n) is 1.85. The monoisotopic (exact) mass is 186 g/mol. The van der Waals surface area contributed by atoms with Crippen LogP contribution in [0.4, 0.5) is 0 Å². The molecule has 1 aliphatic heterocycles. The van der Waals surface area contributed by atoms with Gasteiger partial charge in [0.1, 0.15) is 0 Å². The second-order valence-corrected chi connectivity index (χ2v) is 3.89. The minimum atomic E-state index is 0.552.